The lowest BCUT2D eigenvalue weighted by atomic mass is 10.2. The molecule has 114 valence electrons. The maximum Gasteiger partial charge on any atom is 0.219 e. The molecule has 0 fully saturated rings. The van der Waals surface area contributed by atoms with E-state index in [0.29, 0.717) is 11.3 Å². The number of nitrogens with zero attached hydrogens (tertiary/aromatic N) is 2. The van der Waals surface area contributed by atoms with Crippen LogP contribution in [-0.4, -0.2) is 37.9 Å². The predicted molar refractivity (Wildman–Crippen MR) is 84.6 cm³/mol. The third-order valence-electron chi connectivity index (χ3n) is 2.60. The highest BCUT2D eigenvalue weighted by Crippen LogP contribution is 2.28. The fourth-order valence-corrected chi connectivity index (χ4v) is 3.63. The molecular formula is C12H14ClN3O3S2. The van der Waals surface area contributed by atoms with Gasteiger partial charge in [-0.25, -0.2) is 8.42 Å². The van der Waals surface area contributed by atoms with Crippen molar-refractivity contribution in [2.45, 2.75) is 5.75 Å². The maximum absolute atomic E-state index is 12.4. The number of ether oxygens (including phenoxy) is 1. The van der Waals surface area contributed by atoms with Crippen molar-refractivity contribution in [3.8, 4) is 11.8 Å². The third kappa shape index (κ3) is 4.82. The van der Waals surface area contributed by atoms with Gasteiger partial charge in [-0.3, -0.25) is 0 Å². The first-order valence-corrected chi connectivity index (χ1v) is 8.15. The number of rotatable bonds is 7. The van der Waals surface area contributed by atoms with E-state index in [0.717, 1.165) is 4.31 Å². The molecule has 0 heterocycles. The van der Waals surface area contributed by atoms with E-state index in [4.69, 9.17) is 39.6 Å². The first-order valence-electron chi connectivity index (χ1n) is 5.76. The molecule has 0 atom stereocenters. The number of benzene rings is 1. The Hall–Kier alpha value is -1.40. The zero-order valence-corrected chi connectivity index (χ0v) is 13.6. The molecule has 9 heteroatoms. The Kier molecular flexibility index (Phi) is 6.36. The topological polar surface area (TPSA) is 96.4 Å². The summed E-state index contributed by atoms with van der Waals surface area (Å²) in [5.41, 5.74) is 5.69. The summed E-state index contributed by atoms with van der Waals surface area (Å²) in [4.78, 5) is -0.0139. The predicted octanol–water partition coefficient (Wildman–Crippen LogP) is 1.29. The Bertz CT molecular complexity index is 671. The van der Waals surface area contributed by atoms with Crippen LogP contribution in [0.3, 0.4) is 0 Å². The molecule has 0 aliphatic rings. The van der Waals surface area contributed by atoms with Gasteiger partial charge < -0.3 is 10.5 Å². The standard InChI is InChI=1S/C12H14ClN3O3S2/c1-19-11-4-2-3-10(13)9(11)8-21(17,18)16(6-5-14)7-12(15)20/h2-4H,6-8H2,1H3,(H2,15,20). The Morgan fingerprint density at radius 2 is 2.24 bits per heavy atom. The molecule has 1 rings (SSSR count). The Labute approximate surface area is 134 Å². The molecule has 21 heavy (non-hydrogen) atoms. The van der Waals surface area contributed by atoms with Crippen LogP contribution >= 0.6 is 23.8 Å². The Morgan fingerprint density at radius 3 is 2.76 bits per heavy atom. The summed E-state index contributed by atoms with van der Waals surface area (Å²) in [6.45, 7) is -0.537. The molecule has 2 N–H and O–H groups in total. The molecule has 0 aromatic heterocycles. The number of nitrogens with two attached hydrogens (primary N) is 1. The van der Waals surface area contributed by atoms with Gasteiger partial charge in [0.05, 0.1) is 30.5 Å². The highest BCUT2D eigenvalue weighted by Gasteiger charge is 2.25. The average molecular weight is 348 g/mol. The van der Waals surface area contributed by atoms with Gasteiger partial charge in [0, 0.05) is 10.6 Å². The molecule has 0 unspecified atom stereocenters. The number of nitriles is 1. The van der Waals surface area contributed by atoms with Gasteiger partial charge in [0.1, 0.15) is 12.3 Å². The van der Waals surface area contributed by atoms with E-state index in [1.807, 2.05) is 0 Å². The molecule has 6 nitrogen and oxygen atoms in total. The second kappa shape index (κ2) is 7.56. The van der Waals surface area contributed by atoms with Crippen LogP contribution in [0.15, 0.2) is 18.2 Å². The lowest BCUT2D eigenvalue weighted by molar-refractivity contribution is 0.410. The normalized spacial score (nSPS) is 11.1. The van der Waals surface area contributed by atoms with E-state index < -0.39 is 15.8 Å². The van der Waals surface area contributed by atoms with Crippen LogP contribution in [0.5, 0.6) is 5.75 Å². The van der Waals surface area contributed by atoms with Crippen LogP contribution in [0.25, 0.3) is 0 Å². The Balaban J connectivity index is 3.14. The fourth-order valence-electron chi connectivity index (χ4n) is 1.65. The monoisotopic (exact) mass is 347 g/mol. The van der Waals surface area contributed by atoms with Crippen molar-refractivity contribution in [2.75, 3.05) is 20.2 Å². The van der Waals surface area contributed by atoms with Crippen molar-refractivity contribution in [3.05, 3.63) is 28.8 Å². The van der Waals surface area contributed by atoms with E-state index in [9.17, 15) is 8.42 Å². The fraction of sp³-hybridized carbons (Fsp3) is 0.333. The highest BCUT2D eigenvalue weighted by molar-refractivity contribution is 7.88. The lowest BCUT2D eigenvalue weighted by Crippen LogP contribution is -2.38. The van der Waals surface area contributed by atoms with E-state index in [-0.39, 0.29) is 23.1 Å². The molecule has 0 saturated carbocycles. The van der Waals surface area contributed by atoms with Crippen LogP contribution < -0.4 is 10.5 Å². The summed E-state index contributed by atoms with van der Waals surface area (Å²) in [5.74, 6) is -0.0431. The van der Waals surface area contributed by atoms with Crippen LogP contribution in [0, 0.1) is 11.3 Å². The number of hydrogen-bond donors (Lipinski definition) is 1. The molecular weight excluding hydrogens is 334 g/mol. The van der Waals surface area contributed by atoms with Gasteiger partial charge in [-0.05, 0) is 12.1 Å². The second-order valence-corrected chi connectivity index (χ2v) is 6.97. The van der Waals surface area contributed by atoms with Gasteiger partial charge in [0.25, 0.3) is 0 Å². The summed E-state index contributed by atoms with van der Waals surface area (Å²) in [7, 11) is -2.39. The molecule has 1 aromatic rings. The molecule has 0 amide bonds. The third-order valence-corrected chi connectivity index (χ3v) is 4.78. The number of thiocarbonyl (C=S) groups is 1. The molecule has 0 aliphatic heterocycles. The summed E-state index contributed by atoms with van der Waals surface area (Å²) in [6.07, 6.45) is 0. The molecule has 0 saturated heterocycles. The minimum Gasteiger partial charge on any atom is -0.496 e. The zero-order valence-electron chi connectivity index (χ0n) is 11.2. The van der Waals surface area contributed by atoms with Gasteiger partial charge in [-0.1, -0.05) is 29.9 Å². The van der Waals surface area contributed by atoms with E-state index >= 15 is 0 Å². The SMILES string of the molecule is COc1cccc(Cl)c1CS(=O)(=O)N(CC#N)CC(N)=S. The van der Waals surface area contributed by atoms with Crippen LogP contribution in [0.2, 0.25) is 5.02 Å². The van der Waals surface area contributed by atoms with Crippen molar-refractivity contribution < 1.29 is 13.2 Å². The van der Waals surface area contributed by atoms with Gasteiger partial charge in [-0.15, -0.1) is 0 Å². The van der Waals surface area contributed by atoms with Crippen LogP contribution in [-0.2, 0) is 15.8 Å². The maximum atomic E-state index is 12.4. The smallest absolute Gasteiger partial charge is 0.219 e. The zero-order chi connectivity index (χ0) is 16.0. The number of sulfonamides is 1. The van der Waals surface area contributed by atoms with Crippen molar-refractivity contribution in [3.63, 3.8) is 0 Å². The number of methoxy groups -OCH3 is 1. The minimum atomic E-state index is -3.81. The minimum absolute atomic E-state index is 0.0139. The molecule has 0 spiro atoms. The summed E-state index contributed by atoms with van der Waals surface area (Å²) >= 11 is 10.7. The van der Waals surface area contributed by atoms with Crippen molar-refractivity contribution in [2.24, 2.45) is 5.73 Å². The van der Waals surface area contributed by atoms with Gasteiger partial charge in [-0.2, -0.15) is 9.57 Å². The summed E-state index contributed by atoms with van der Waals surface area (Å²) < 4.78 is 30.8. The molecule has 0 bridgehead atoms. The lowest BCUT2D eigenvalue weighted by Gasteiger charge is -2.19. The van der Waals surface area contributed by atoms with Gasteiger partial charge >= 0.3 is 0 Å². The second-order valence-electron chi connectivity index (χ2n) is 4.07. The molecule has 1 aromatic carbocycles. The van der Waals surface area contributed by atoms with Crippen molar-refractivity contribution >= 4 is 38.8 Å². The van der Waals surface area contributed by atoms with Crippen molar-refractivity contribution in [1.82, 2.24) is 4.31 Å². The van der Waals surface area contributed by atoms with Crippen molar-refractivity contribution in [1.29, 1.82) is 5.26 Å². The van der Waals surface area contributed by atoms with E-state index in [2.05, 4.69) is 0 Å². The van der Waals surface area contributed by atoms with Gasteiger partial charge in [0.2, 0.25) is 10.0 Å². The molecule has 0 radical (unpaired) electrons. The largest absolute Gasteiger partial charge is 0.496 e. The first-order chi connectivity index (χ1) is 9.81. The van der Waals surface area contributed by atoms with E-state index in [1.165, 1.54) is 7.11 Å². The quantitative estimate of drug-likeness (QED) is 0.589. The van der Waals surface area contributed by atoms with Crippen LogP contribution in [0.4, 0.5) is 0 Å². The van der Waals surface area contributed by atoms with E-state index in [1.54, 1.807) is 24.3 Å². The van der Waals surface area contributed by atoms with Gasteiger partial charge in [0.15, 0.2) is 0 Å². The first kappa shape index (κ1) is 17.7. The summed E-state index contributed by atoms with van der Waals surface area (Å²) in [5, 5.41) is 9.01. The Morgan fingerprint density at radius 1 is 1.57 bits per heavy atom. The highest BCUT2D eigenvalue weighted by atomic mass is 35.5. The summed E-state index contributed by atoms with van der Waals surface area (Å²) in [6, 6.07) is 6.60. The number of hydrogen-bond acceptors (Lipinski definition) is 5. The average Bonchev–Trinajstić information content (AvgIpc) is 2.40. The molecule has 0 aliphatic carbocycles. The van der Waals surface area contributed by atoms with Crippen LogP contribution in [0.1, 0.15) is 5.56 Å². The number of halogens is 1.